The van der Waals surface area contributed by atoms with Gasteiger partial charge in [-0.1, -0.05) is 25.1 Å². The van der Waals surface area contributed by atoms with Gasteiger partial charge in [-0.3, -0.25) is 4.79 Å². The fourth-order valence-corrected chi connectivity index (χ4v) is 4.67. The number of rotatable bonds is 11. The minimum Gasteiger partial charge on any atom is -0.495 e. The Kier molecular flexibility index (Phi) is 9.78. The monoisotopic (exact) mass is 555 g/mol. The molecule has 39 heavy (non-hydrogen) atoms. The zero-order valence-electron chi connectivity index (χ0n) is 22.6. The first-order chi connectivity index (χ1) is 18.6. The van der Waals surface area contributed by atoms with Crippen LogP contribution in [0.5, 0.6) is 17.2 Å². The van der Waals surface area contributed by atoms with Gasteiger partial charge in [-0.05, 0) is 67.4 Å². The first kappa shape index (κ1) is 29.3. The lowest BCUT2D eigenvalue weighted by Crippen LogP contribution is -2.40. The molecule has 11 heteroatoms. The fraction of sp³-hybridized carbons (Fsp3) is 0.286. The number of anilines is 2. The van der Waals surface area contributed by atoms with Crippen LogP contribution < -0.4 is 24.3 Å². The lowest BCUT2D eigenvalue weighted by molar-refractivity contribution is -0.114. The average molecular weight is 556 g/mol. The van der Waals surface area contributed by atoms with Crippen molar-refractivity contribution in [2.24, 2.45) is 0 Å². The second-order valence-corrected chi connectivity index (χ2v) is 10.3. The Labute approximate surface area is 229 Å². The molecular weight excluding hydrogens is 522 g/mol. The Bertz CT molecular complexity index is 1410. The lowest BCUT2D eigenvalue weighted by Gasteiger charge is -2.29. The number of methoxy groups -OCH3 is 2. The normalized spacial score (nSPS) is 11.7. The van der Waals surface area contributed by atoms with E-state index in [2.05, 4.69) is 10.6 Å². The molecule has 3 amide bonds. The summed E-state index contributed by atoms with van der Waals surface area (Å²) in [4.78, 5) is 26.1. The fourth-order valence-electron chi connectivity index (χ4n) is 3.74. The molecule has 3 rings (SSSR count). The van der Waals surface area contributed by atoms with Crippen molar-refractivity contribution in [1.29, 1.82) is 0 Å². The van der Waals surface area contributed by atoms with Crippen LogP contribution in [-0.2, 0) is 21.5 Å². The number of carbonyl (C=O) groups excluding carboxylic acids is 2. The molecule has 1 unspecified atom stereocenters. The van der Waals surface area contributed by atoms with Crippen LogP contribution in [0.15, 0.2) is 71.6 Å². The highest BCUT2D eigenvalue weighted by atomic mass is 32.2. The maximum Gasteiger partial charge on any atom is 0.339 e. The highest BCUT2D eigenvalue weighted by molar-refractivity contribution is 7.87. The summed E-state index contributed by atoms with van der Waals surface area (Å²) in [5.41, 5.74) is 1.63. The van der Waals surface area contributed by atoms with Gasteiger partial charge in [-0.15, -0.1) is 0 Å². The van der Waals surface area contributed by atoms with Crippen molar-refractivity contribution in [3.05, 3.63) is 72.3 Å². The first-order valence-corrected chi connectivity index (χ1v) is 13.7. The summed E-state index contributed by atoms with van der Waals surface area (Å²) in [6.07, 6.45) is 0.696. The molecular formula is C28H33N3O7S. The molecule has 3 aromatic rings. The molecule has 2 N–H and O–H groups in total. The van der Waals surface area contributed by atoms with Gasteiger partial charge in [0.15, 0.2) is 11.5 Å². The minimum absolute atomic E-state index is 0.0184. The summed E-state index contributed by atoms with van der Waals surface area (Å²) < 4.78 is 42.1. The van der Waals surface area contributed by atoms with E-state index in [1.807, 2.05) is 19.9 Å². The van der Waals surface area contributed by atoms with Gasteiger partial charge >= 0.3 is 16.1 Å². The molecule has 3 aromatic carbocycles. The van der Waals surface area contributed by atoms with E-state index in [-0.39, 0.29) is 40.9 Å². The number of nitrogens with zero attached hydrogens (tertiary/aromatic N) is 1. The summed E-state index contributed by atoms with van der Waals surface area (Å²) in [5.74, 6) is 0.456. The Hall–Kier alpha value is -4.25. The van der Waals surface area contributed by atoms with Crippen molar-refractivity contribution in [3.8, 4) is 17.2 Å². The highest BCUT2D eigenvalue weighted by Gasteiger charge is 2.23. The van der Waals surface area contributed by atoms with Crippen LogP contribution in [0.3, 0.4) is 0 Å². The summed E-state index contributed by atoms with van der Waals surface area (Å²) in [6, 6.07) is 17.1. The number of amides is 3. The maximum absolute atomic E-state index is 13.3. The Morgan fingerprint density at radius 2 is 1.56 bits per heavy atom. The summed E-state index contributed by atoms with van der Waals surface area (Å²) in [5, 5.41) is 5.48. The van der Waals surface area contributed by atoms with Crippen LogP contribution in [0.1, 0.15) is 32.8 Å². The van der Waals surface area contributed by atoms with Gasteiger partial charge in [0.1, 0.15) is 10.6 Å². The quantitative estimate of drug-likeness (QED) is 0.309. The minimum atomic E-state index is -4.22. The third kappa shape index (κ3) is 7.64. The molecule has 1 atom stereocenters. The second kappa shape index (κ2) is 13.0. The van der Waals surface area contributed by atoms with Gasteiger partial charge in [-0.25, -0.2) is 4.79 Å². The van der Waals surface area contributed by atoms with Gasteiger partial charge < -0.3 is 29.2 Å². The molecule has 0 aliphatic heterocycles. The Morgan fingerprint density at radius 3 is 2.18 bits per heavy atom. The maximum atomic E-state index is 13.3. The Balaban J connectivity index is 1.85. The molecule has 0 aromatic heterocycles. The van der Waals surface area contributed by atoms with Gasteiger partial charge in [0, 0.05) is 25.2 Å². The number of ether oxygens (including phenoxy) is 2. The number of carbonyl (C=O) groups is 2. The summed E-state index contributed by atoms with van der Waals surface area (Å²) >= 11 is 0. The van der Waals surface area contributed by atoms with E-state index in [0.29, 0.717) is 29.1 Å². The van der Waals surface area contributed by atoms with Gasteiger partial charge in [0.2, 0.25) is 5.91 Å². The van der Waals surface area contributed by atoms with E-state index < -0.39 is 10.1 Å². The average Bonchev–Trinajstić information content (AvgIpc) is 2.91. The van der Waals surface area contributed by atoms with Gasteiger partial charge in [0.25, 0.3) is 0 Å². The predicted molar refractivity (Wildman–Crippen MR) is 149 cm³/mol. The topological polar surface area (TPSA) is 123 Å². The van der Waals surface area contributed by atoms with E-state index >= 15 is 0 Å². The van der Waals surface area contributed by atoms with Crippen molar-refractivity contribution in [2.75, 3.05) is 24.9 Å². The number of benzene rings is 3. The third-order valence-electron chi connectivity index (χ3n) is 5.98. The van der Waals surface area contributed by atoms with E-state index in [1.54, 1.807) is 35.2 Å². The van der Waals surface area contributed by atoms with Crippen molar-refractivity contribution in [3.63, 3.8) is 0 Å². The van der Waals surface area contributed by atoms with E-state index in [9.17, 15) is 18.0 Å². The lowest BCUT2D eigenvalue weighted by atomic mass is 10.1. The van der Waals surface area contributed by atoms with E-state index in [1.165, 1.54) is 51.5 Å². The van der Waals surface area contributed by atoms with Crippen LogP contribution in [0.2, 0.25) is 0 Å². The third-order valence-corrected chi connectivity index (χ3v) is 7.22. The second-order valence-electron chi connectivity index (χ2n) is 8.74. The van der Waals surface area contributed by atoms with Crippen molar-refractivity contribution >= 4 is 33.4 Å². The highest BCUT2D eigenvalue weighted by Crippen LogP contribution is 2.32. The number of nitrogens with one attached hydrogen (secondary N) is 2. The standard InChI is InChI=1S/C28H33N3O7S/c1-6-19(2)31(28(33)30-24-9-7-8-10-25(24)36-4)18-21-11-16-26(37-5)27(17-21)38-39(34,35)23-14-12-22(13-15-23)29-20(3)32/h7-17,19H,6,18H2,1-5H3,(H,29,32)(H,30,33). The zero-order valence-corrected chi connectivity index (χ0v) is 23.4. The zero-order chi connectivity index (χ0) is 28.6. The summed E-state index contributed by atoms with van der Waals surface area (Å²) in [7, 11) is -1.29. The molecule has 0 aliphatic rings. The number of hydrogen-bond donors (Lipinski definition) is 2. The van der Waals surface area contributed by atoms with Crippen molar-refractivity contribution < 1.29 is 31.7 Å². The molecule has 10 nitrogen and oxygen atoms in total. The molecule has 0 spiro atoms. The smallest absolute Gasteiger partial charge is 0.339 e. The number of hydrogen-bond acceptors (Lipinski definition) is 7. The first-order valence-electron chi connectivity index (χ1n) is 12.3. The van der Waals surface area contributed by atoms with Crippen LogP contribution in [0.4, 0.5) is 16.2 Å². The SMILES string of the molecule is CCC(C)N(Cc1ccc(OC)c(OS(=O)(=O)c2ccc(NC(C)=O)cc2)c1)C(=O)Nc1ccccc1OC. The van der Waals surface area contributed by atoms with Crippen LogP contribution >= 0.6 is 0 Å². The van der Waals surface area contributed by atoms with E-state index in [4.69, 9.17) is 13.7 Å². The molecule has 0 aliphatic carbocycles. The molecule has 0 saturated carbocycles. The van der Waals surface area contributed by atoms with Gasteiger partial charge in [-0.2, -0.15) is 8.42 Å². The largest absolute Gasteiger partial charge is 0.495 e. The number of para-hydroxylation sites is 2. The molecule has 0 bridgehead atoms. The molecule has 0 heterocycles. The van der Waals surface area contributed by atoms with Gasteiger partial charge in [0.05, 0.1) is 19.9 Å². The number of urea groups is 1. The van der Waals surface area contributed by atoms with Crippen molar-refractivity contribution in [2.45, 2.75) is 44.7 Å². The van der Waals surface area contributed by atoms with Crippen LogP contribution in [-0.4, -0.2) is 45.5 Å². The molecule has 0 radical (unpaired) electrons. The summed E-state index contributed by atoms with van der Waals surface area (Å²) in [6.45, 7) is 5.44. The molecule has 0 fully saturated rings. The predicted octanol–water partition coefficient (Wildman–Crippen LogP) is 5.26. The van der Waals surface area contributed by atoms with Crippen LogP contribution in [0, 0.1) is 0 Å². The van der Waals surface area contributed by atoms with Crippen LogP contribution in [0.25, 0.3) is 0 Å². The molecule has 0 saturated heterocycles. The van der Waals surface area contributed by atoms with E-state index in [0.717, 1.165) is 0 Å². The Morgan fingerprint density at radius 1 is 0.897 bits per heavy atom. The van der Waals surface area contributed by atoms with Crippen molar-refractivity contribution in [1.82, 2.24) is 4.90 Å². The molecule has 208 valence electrons.